The van der Waals surface area contributed by atoms with Crippen molar-refractivity contribution in [3.05, 3.63) is 52.8 Å². The SMILES string of the molecule is COc1cc(C(CCc2ccc(C)nc2C)P(=O)(N(C)C)N(C)C)ccc1O. The minimum absolute atomic E-state index is 0.0770. The van der Waals surface area contributed by atoms with Crippen molar-refractivity contribution < 1.29 is 14.4 Å². The zero-order chi connectivity index (χ0) is 21.1. The number of phenols is 1. The maximum absolute atomic E-state index is 14.1. The largest absolute Gasteiger partial charge is 0.504 e. The molecule has 0 aliphatic carbocycles. The van der Waals surface area contributed by atoms with Crippen molar-refractivity contribution in [1.82, 2.24) is 14.3 Å². The highest BCUT2D eigenvalue weighted by Crippen LogP contribution is 2.63. The van der Waals surface area contributed by atoms with Crippen molar-refractivity contribution in [3.8, 4) is 11.5 Å². The summed E-state index contributed by atoms with van der Waals surface area (Å²) in [6, 6.07) is 9.35. The number of phenolic OH excluding ortho intramolecular Hbond substituents is 1. The lowest BCUT2D eigenvalue weighted by molar-refractivity contribution is 0.372. The molecular formula is C21H32N3O3P. The first-order valence-electron chi connectivity index (χ1n) is 9.36. The molecule has 6 nitrogen and oxygen atoms in total. The summed E-state index contributed by atoms with van der Waals surface area (Å²) < 4.78 is 23.0. The minimum Gasteiger partial charge on any atom is -0.504 e. The number of hydrogen-bond donors (Lipinski definition) is 1. The number of rotatable bonds is 8. The summed E-state index contributed by atoms with van der Waals surface area (Å²) in [5, 5.41) is 9.99. The predicted octanol–water partition coefficient (Wildman–Crippen LogP) is 4.40. The summed E-state index contributed by atoms with van der Waals surface area (Å²) in [5.41, 5.74) is 3.80. The van der Waals surface area contributed by atoms with E-state index in [1.54, 1.807) is 12.1 Å². The lowest BCUT2D eigenvalue weighted by Crippen LogP contribution is -2.26. The molecule has 0 bridgehead atoms. The van der Waals surface area contributed by atoms with Gasteiger partial charge in [-0.1, -0.05) is 12.1 Å². The molecule has 2 rings (SSSR count). The molecule has 1 N–H and O–H groups in total. The fraction of sp³-hybridized carbons (Fsp3) is 0.476. The average molecular weight is 405 g/mol. The topological polar surface area (TPSA) is 65.9 Å². The Balaban J connectivity index is 2.48. The van der Waals surface area contributed by atoms with Gasteiger partial charge in [0.05, 0.1) is 12.8 Å². The zero-order valence-corrected chi connectivity index (χ0v) is 18.8. The van der Waals surface area contributed by atoms with Gasteiger partial charge in [0.1, 0.15) is 0 Å². The van der Waals surface area contributed by atoms with Crippen molar-refractivity contribution in [2.24, 2.45) is 0 Å². The Morgan fingerprint density at radius 3 is 2.29 bits per heavy atom. The van der Waals surface area contributed by atoms with Crippen molar-refractivity contribution >= 4 is 7.44 Å². The van der Waals surface area contributed by atoms with E-state index in [-0.39, 0.29) is 11.4 Å². The monoisotopic (exact) mass is 405 g/mol. The Morgan fingerprint density at radius 1 is 1.11 bits per heavy atom. The van der Waals surface area contributed by atoms with E-state index < -0.39 is 7.44 Å². The van der Waals surface area contributed by atoms with E-state index in [9.17, 15) is 9.67 Å². The van der Waals surface area contributed by atoms with Gasteiger partial charge in [0.2, 0.25) is 7.44 Å². The first kappa shape index (κ1) is 22.4. The fourth-order valence-corrected chi connectivity index (χ4v) is 6.46. The van der Waals surface area contributed by atoms with Crippen molar-refractivity contribution in [2.45, 2.75) is 32.3 Å². The van der Waals surface area contributed by atoms with Crippen LogP contribution in [0.25, 0.3) is 0 Å². The number of aromatic hydroxyl groups is 1. The van der Waals surface area contributed by atoms with Gasteiger partial charge in [-0.25, -0.2) is 9.34 Å². The lowest BCUT2D eigenvalue weighted by atomic mass is 10.0. The van der Waals surface area contributed by atoms with E-state index in [1.165, 1.54) is 7.11 Å². The third kappa shape index (κ3) is 4.57. The average Bonchev–Trinajstić information content (AvgIpc) is 2.63. The van der Waals surface area contributed by atoms with E-state index in [0.717, 1.165) is 28.9 Å². The molecule has 154 valence electrons. The number of nitrogens with zero attached hydrogens (tertiary/aromatic N) is 3. The van der Waals surface area contributed by atoms with E-state index in [1.807, 2.05) is 63.5 Å². The van der Waals surface area contributed by atoms with Crippen molar-refractivity contribution in [1.29, 1.82) is 0 Å². The first-order chi connectivity index (χ1) is 13.1. The molecule has 28 heavy (non-hydrogen) atoms. The van der Waals surface area contributed by atoms with Crippen LogP contribution in [0.1, 0.15) is 34.6 Å². The van der Waals surface area contributed by atoms with Gasteiger partial charge in [-0.3, -0.25) is 9.55 Å². The second kappa shape index (κ2) is 9.08. The van der Waals surface area contributed by atoms with Gasteiger partial charge in [-0.2, -0.15) is 0 Å². The number of aryl methyl sites for hydroxylation is 3. The molecule has 0 saturated carbocycles. The number of pyridine rings is 1. The molecule has 0 saturated heterocycles. The number of aromatic nitrogens is 1. The van der Waals surface area contributed by atoms with E-state index in [2.05, 4.69) is 11.1 Å². The van der Waals surface area contributed by atoms with E-state index in [4.69, 9.17) is 4.74 Å². The third-order valence-electron chi connectivity index (χ3n) is 5.16. The quantitative estimate of drug-likeness (QED) is 0.657. The number of ether oxygens (including phenoxy) is 1. The van der Waals surface area contributed by atoms with Crippen LogP contribution < -0.4 is 4.74 Å². The summed E-state index contributed by atoms with van der Waals surface area (Å²) in [6.45, 7) is 3.99. The second-order valence-electron chi connectivity index (χ2n) is 7.47. The smallest absolute Gasteiger partial charge is 0.222 e. The van der Waals surface area contributed by atoms with Crippen LogP contribution in [0.4, 0.5) is 0 Å². The van der Waals surface area contributed by atoms with Gasteiger partial charge in [0.25, 0.3) is 0 Å². The van der Waals surface area contributed by atoms with Crippen LogP contribution in [0.5, 0.6) is 11.5 Å². The Hall–Kier alpha value is -1.88. The van der Waals surface area contributed by atoms with Gasteiger partial charge in [0, 0.05) is 11.4 Å². The molecule has 2 aromatic rings. The zero-order valence-electron chi connectivity index (χ0n) is 17.9. The number of hydrogen-bond acceptors (Lipinski definition) is 4. The normalized spacial score (nSPS) is 13.2. The molecule has 1 aromatic heterocycles. The molecule has 1 unspecified atom stereocenters. The molecule has 0 spiro atoms. The van der Waals surface area contributed by atoms with Gasteiger partial charge in [0.15, 0.2) is 11.5 Å². The molecule has 0 aliphatic heterocycles. The van der Waals surface area contributed by atoms with Crippen molar-refractivity contribution in [3.63, 3.8) is 0 Å². The Morgan fingerprint density at radius 2 is 1.75 bits per heavy atom. The standard InChI is InChI=1S/C21H32N3O3P/c1-15-8-9-17(16(2)22-15)11-13-21(28(26,23(3)4)24(5)6)18-10-12-19(25)20(14-18)27-7/h8-10,12,14,21,25H,11,13H2,1-7H3. The molecule has 0 aliphatic rings. The van der Waals surface area contributed by atoms with E-state index in [0.29, 0.717) is 12.2 Å². The molecule has 7 heteroatoms. The van der Waals surface area contributed by atoms with Crippen LogP contribution in [-0.2, 0) is 11.0 Å². The Labute approximate surface area is 168 Å². The molecule has 0 fully saturated rings. The molecule has 1 aromatic carbocycles. The van der Waals surface area contributed by atoms with Crippen LogP contribution >= 0.6 is 7.44 Å². The molecule has 0 amide bonds. The highest BCUT2D eigenvalue weighted by atomic mass is 31.2. The minimum atomic E-state index is -2.89. The first-order valence-corrected chi connectivity index (χ1v) is 11.0. The molecular weight excluding hydrogens is 373 g/mol. The van der Waals surface area contributed by atoms with Gasteiger partial charge in [-0.15, -0.1) is 0 Å². The Bertz CT molecular complexity index is 856. The summed E-state index contributed by atoms with van der Waals surface area (Å²) in [4.78, 5) is 4.55. The van der Waals surface area contributed by atoms with E-state index >= 15 is 0 Å². The van der Waals surface area contributed by atoms with Crippen LogP contribution in [0, 0.1) is 13.8 Å². The third-order valence-corrected chi connectivity index (χ3v) is 8.82. The van der Waals surface area contributed by atoms with Crippen LogP contribution in [-0.4, -0.2) is 54.7 Å². The highest BCUT2D eigenvalue weighted by Gasteiger charge is 2.39. The Kier molecular flexibility index (Phi) is 7.27. The summed E-state index contributed by atoms with van der Waals surface area (Å²) >= 11 is 0. The predicted molar refractivity (Wildman–Crippen MR) is 114 cm³/mol. The molecule has 0 radical (unpaired) electrons. The maximum Gasteiger partial charge on any atom is 0.222 e. The lowest BCUT2D eigenvalue weighted by Gasteiger charge is -2.37. The van der Waals surface area contributed by atoms with Crippen LogP contribution in [0.3, 0.4) is 0 Å². The van der Waals surface area contributed by atoms with Gasteiger partial charge in [-0.05, 0) is 84.2 Å². The van der Waals surface area contributed by atoms with Crippen molar-refractivity contribution in [2.75, 3.05) is 35.3 Å². The summed E-state index contributed by atoms with van der Waals surface area (Å²) in [6.07, 6.45) is 1.45. The van der Waals surface area contributed by atoms with Crippen LogP contribution in [0.15, 0.2) is 30.3 Å². The molecule has 1 heterocycles. The number of benzene rings is 1. The molecule has 1 atom stereocenters. The number of methoxy groups -OCH3 is 1. The summed E-state index contributed by atoms with van der Waals surface area (Å²) in [5.74, 6) is 0.466. The fourth-order valence-electron chi connectivity index (χ4n) is 3.62. The van der Waals surface area contributed by atoms with Gasteiger partial charge < -0.3 is 9.84 Å². The highest BCUT2D eigenvalue weighted by molar-refractivity contribution is 7.59. The second-order valence-corrected chi connectivity index (χ2v) is 10.9. The van der Waals surface area contributed by atoms with Crippen LogP contribution in [0.2, 0.25) is 0 Å². The maximum atomic E-state index is 14.1. The summed E-state index contributed by atoms with van der Waals surface area (Å²) in [7, 11) is 6.03. The van der Waals surface area contributed by atoms with Gasteiger partial charge >= 0.3 is 0 Å².